The zero-order valence-electron chi connectivity index (χ0n) is 14.5. The zero-order chi connectivity index (χ0) is 17.6. The molecule has 8 nitrogen and oxygen atoms in total. The van der Waals surface area contributed by atoms with Crippen molar-refractivity contribution in [1.29, 1.82) is 0 Å². The summed E-state index contributed by atoms with van der Waals surface area (Å²) in [4.78, 5) is 11.7. The first-order chi connectivity index (χ1) is 11.4. The lowest BCUT2D eigenvalue weighted by molar-refractivity contribution is -0.124. The van der Waals surface area contributed by atoms with Gasteiger partial charge >= 0.3 is 0 Å². The van der Waals surface area contributed by atoms with Crippen LogP contribution in [0.25, 0.3) is 0 Å². The average Bonchev–Trinajstić information content (AvgIpc) is 2.98. The molecule has 0 saturated heterocycles. The molecule has 0 aliphatic carbocycles. The molecule has 2 rings (SSSR count). The van der Waals surface area contributed by atoms with E-state index in [9.17, 15) is 4.79 Å². The summed E-state index contributed by atoms with van der Waals surface area (Å²) in [5, 5.41) is 17.4. The van der Waals surface area contributed by atoms with Crippen molar-refractivity contribution in [2.45, 2.75) is 46.3 Å². The second-order valence-corrected chi connectivity index (χ2v) is 6.40. The van der Waals surface area contributed by atoms with Gasteiger partial charge in [0.15, 0.2) is 6.61 Å². The quantitative estimate of drug-likeness (QED) is 0.800. The van der Waals surface area contributed by atoms with Crippen LogP contribution in [-0.2, 0) is 17.9 Å². The molecule has 130 valence electrons. The first-order valence-corrected chi connectivity index (χ1v) is 7.90. The molecule has 8 heteroatoms. The third-order valence-electron chi connectivity index (χ3n) is 3.09. The smallest absolute Gasteiger partial charge is 0.258 e. The lowest BCUT2D eigenvalue weighted by Crippen LogP contribution is -2.43. The normalized spacial score (nSPS) is 11.2. The van der Waals surface area contributed by atoms with Gasteiger partial charge in [0.2, 0.25) is 5.95 Å². The monoisotopic (exact) mass is 332 g/mol. The summed E-state index contributed by atoms with van der Waals surface area (Å²) in [6, 6.07) is 7.54. The van der Waals surface area contributed by atoms with Crippen molar-refractivity contribution in [3.8, 4) is 5.75 Å². The fraction of sp³-hybridized carbons (Fsp3) is 0.500. The number of ether oxygens (including phenoxy) is 1. The fourth-order valence-electron chi connectivity index (χ4n) is 2.03. The molecular formula is C16H24N6O2. The SMILES string of the molecule is CCn1nnnc1NCc1ccc(OCC(=O)NC(C)(C)C)cc1. The van der Waals surface area contributed by atoms with Crippen molar-refractivity contribution in [2.75, 3.05) is 11.9 Å². The maximum absolute atomic E-state index is 11.7. The largest absolute Gasteiger partial charge is 0.484 e. The lowest BCUT2D eigenvalue weighted by Gasteiger charge is -2.20. The highest BCUT2D eigenvalue weighted by atomic mass is 16.5. The van der Waals surface area contributed by atoms with Crippen LogP contribution >= 0.6 is 0 Å². The number of rotatable bonds is 7. The van der Waals surface area contributed by atoms with Crippen molar-refractivity contribution in [2.24, 2.45) is 0 Å². The number of carbonyl (C=O) groups excluding carboxylic acids is 1. The van der Waals surface area contributed by atoms with E-state index in [0.29, 0.717) is 24.8 Å². The Morgan fingerprint density at radius 3 is 2.58 bits per heavy atom. The summed E-state index contributed by atoms with van der Waals surface area (Å²) in [5.74, 6) is 1.15. The Morgan fingerprint density at radius 1 is 1.25 bits per heavy atom. The Labute approximate surface area is 141 Å². The number of aryl methyl sites for hydroxylation is 1. The van der Waals surface area contributed by atoms with E-state index >= 15 is 0 Å². The predicted molar refractivity (Wildman–Crippen MR) is 90.7 cm³/mol. The molecule has 1 aromatic carbocycles. The number of hydrogen-bond donors (Lipinski definition) is 2. The minimum Gasteiger partial charge on any atom is -0.484 e. The van der Waals surface area contributed by atoms with Gasteiger partial charge in [0.1, 0.15) is 5.75 Å². The van der Waals surface area contributed by atoms with E-state index in [-0.39, 0.29) is 18.1 Å². The number of nitrogens with one attached hydrogen (secondary N) is 2. The highest BCUT2D eigenvalue weighted by Crippen LogP contribution is 2.13. The summed E-state index contributed by atoms with van der Waals surface area (Å²) >= 11 is 0. The maximum atomic E-state index is 11.7. The molecule has 2 N–H and O–H groups in total. The molecule has 1 amide bonds. The third-order valence-corrected chi connectivity index (χ3v) is 3.09. The molecule has 0 spiro atoms. The minimum absolute atomic E-state index is 0.000140. The molecule has 0 radical (unpaired) electrons. The van der Waals surface area contributed by atoms with E-state index in [0.717, 1.165) is 5.56 Å². The Kier molecular flexibility index (Phi) is 5.73. The van der Waals surface area contributed by atoms with E-state index < -0.39 is 0 Å². The highest BCUT2D eigenvalue weighted by molar-refractivity contribution is 5.78. The fourth-order valence-corrected chi connectivity index (χ4v) is 2.03. The zero-order valence-corrected chi connectivity index (χ0v) is 14.5. The van der Waals surface area contributed by atoms with Gasteiger partial charge in [-0.05, 0) is 55.8 Å². The van der Waals surface area contributed by atoms with E-state index in [1.807, 2.05) is 52.0 Å². The van der Waals surface area contributed by atoms with Crippen molar-refractivity contribution < 1.29 is 9.53 Å². The van der Waals surface area contributed by atoms with Crippen LogP contribution in [0.15, 0.2) is 24.3 Å². The van der Waals surface area contributed by atoms with Gasteiger partial charge in [-0.3, -0.25) is 4.79 Å². The molecule has 2 aromatic rings. The van der Waals surface area contributed by atoms with Crippen LogP contribution in [0.1, 0.15) is 33.3 Å². The van der Waals surface area contributed by atoms with Crippen LogP contribution < -0.4 is 15.4 Å². The number of tetrazole rings is 1. The van der Waals surface area contributed by atoms with Crippen LogP contribution in [0.5, 0.6) is 5.75 Å². The van der Waals surface area contributed by atoms with Crippen molar-refractivity contribution >= 4 is 11.9 Å². The first kappa shape index (κ1) is 17.7. The topological polar surface area (TPSA) is 94.0 Å². The number of anilines is 1. The molecular weight excluding hydrogens is 308 g/mol. The van der Waals surface area contributed by atoms with Crippen LogP contribution in [0.4, 0.5) is 5.95 Å². The number of carbonyl (C=O) groups is 1. The van der Waals surface area contributed by atoms with Gasteiger partial charge in [0.05, 0.1) is 0 Å². The van der Waals surface area contributed by atoms with Crippen LogP contribution in [0.3, 0.4) is 0 Å². The van der Waals surface area contributed by atoms with Gasteiger partial charge in [0, 0.05) is 18.6 Å². The number of aromatic nitrogens is 4. The molecule has 1 heterocycles. The Hall–Kier alpha value is -2.64. The second-order valence-electron chi connectivity index (χ2n) is 6.40. The summed E-state index contributed by atoms with van der Waals surface area (Å²) in [6.45, 7) is 9.08. The molecule has 0 unspecified atom stereocenters. The summed E-state index contributed by atoms with van der Waals surface area (Å²) < 4.78 is 7.17. The van der Waals surface area contributed by atoms with Gasteiger partial charge in [0.25, 0.3) is 5.91 Å². The molecule has 0 aliphatic heterocycles. The predicted octanol–water partition coefficient (Wildman–Crippen LogP) is 1.60. The standard InChI is InChI=1S/C16H24N6O2/c1-5-22-15(19-20-21-22)17-10-12-6-8-13(9-7-12)24-11-14(23)18-16(2,3)4/h6-9H,5,10-11H2,1-4H3,(H,18,23)(H,17,19,21). The van der Waals surface area contributed by atoms with Crippen molar-refractivity contribution in [3.63, 3.8) is 0 Å². The van der Waals surface area contributed by atoms with E-state index in [2.05, 4.69) is 26.2 Å². The number of amides is 1. The third kappa shape index (κ3) is 5.53. The molecule has 24 heavy (non-hydrogen) atoms. The van der Waals surface area contributed by atoms with Crippen LogP contribution in [0, 0.1) is 0 Å². The summed E-state index contributed by atoms with van der Waals surface area (Å²) in [6.07, 6.45) is 0. The van der Waals surface area contributed by atoms with E-state index in [1.54, 1.807) is 4.68 Å². The van der Waals surface area contributed by atoms with E-state index in [4.69, 9.17) is 4.74 Å². The van der Waals surface area contributed by atoms with Crippen molar-refractivity contribution in [3.05, 3.63) is 29.8 Å². The number of benzene rings is 1. The number of nitrogens with zero attached hydrogens (tertiary/aromatic N) is 4. The molecule has 0 aliphatic rings. The minimum atomic E-state index is -0.260. The Bertz CT molecular complexity index is 660. The highest BCUT2D eigenvalue weighted by Gasteiger charge is 2.13. The average molecular weight is 332 g/mol. The van der Waals surface area contributed by atoms with E-state index in [1.165, 1.54) is 0 Å². The Balaban J connectivity index is 1.81. The van der Waals surface area contributed by atoms with Gasteiger partial charge in [-0.25, -0.2) is 4.68 Å². The van der Waals surface area contributed by atoms with Gasteiger partial charge in [-0.2, -0.15) is 0 Å². The van der Waals surface area contributed by atoms with Gasteiger partial charge in [-0.15, -0.1) is 0 Å². The first-order valence-electron chi connectivity index (χ1n) is 7.90. The maximum Gasteiger partial charge on any atom is 0.258 e. The molecule has 1 aromatic heterocycles. The molecule has 0 atom stereocenters. The number of hydrogen-bond acceptors (Lipinski definition) is 6. The van der Waals surface area contributed by atoms with Gasteiger partial charge in [-0.1, -0.05) is 17.2 Å². The molecule has 0 saturated carbocycles. The van der Waals surface area contributed by atoms with Crippen LogP contribution in [0.2, 0.25) is 0 Å². The Morgan fingerprint density at radius 2 is 1.96 bits per heavy atom. The van der Waals surface area contributed by atoms with Crippen molar-refractivity contribution in [1.82, 2.24) is 25.5 Å². The lowest BCUT2D eigenvalue weighted by atomic mass is 10.1. The van der Waals surface area contributed by atoms with Gasteiger partial charge < -0.3 is 15.4 Å². The summed E-state index contributed by atoms with van der Waals surface area (Å²) in [7, 11) is 0. The molecule has 0 fully saturated rings. The van der Waals surface area contributed by atoms with Crippen LogP contribution in [-0.4, -0.2) is 38.3 Å². The second kappa shape index (κ2) is 7.76. The molecule has 0 bridgehead atoms. The summed E-state index contributed by atoms with van der Waals surface area (Å²) in [5.41, 5.74) is 0.802.